The van der Waals surface area contributed by atoms with Gasteiger partial charge in [-0.2, -0.15) is 0 Å². The van der Waals surface area contributed by atoms with Crippen LogP contribution in [-0.4, -0.2) is 14.5 Å². The van der Waals surface area contributed by atoms with E-state index in [4.69, 9.17) is 12.2 Å². The summed E-state index contributed by atoms with van der Waals surface area (Å²) < 4.78 is 28.8. The van der Waals surface area contributed by atoms with Gasteiger partial charge in [-0.3, -0.25) is 14.3 Å². The Morgan fingerprint density at radius 1 is 1.50 bits per heavy atom. The quantitative estimate of drug-likeness (QED) is 0.855. The van der Waals surface area contributed by atoms with E-state index in [1.54, 1.807) is 4.57 Å². The molecule has 4 nitrogen and oxygen atoms in total. The molecule has 0 aliphatic heterocycles. The van der Waals surface area contributed by atoms with Crippen LogP contribution in [0.5, 0.6) is 0 Å². The predicted octanol–water partition coefficient (Wildman–Crippen LogP) is 4.24. The number of halogens is 2. The topological polar surface area (TPSA) is 50.7 Å². The number of rotatable bonds is 4. The molecule has 0 saturated heterocycles. The van der Waals surface area contributed by atoms with Crippen molar-refractivity contribution in [3.05, 3.63) is 32.4 Å². The fourth-order valence-corrected chi connectivity index (χ4v) is 3.00. The lowest BCUT2D eigenvalue weighted by Gasteiger charge is -2.18. The third kappa shape index (κ3) is 2.47. The summed E-state index contributed by atoms with van der Waals surface area (Å²) >= 11 is 5.22. The summed E-state index contributed by atoms with van der Waals surface area (Å²) in [5.41, 5.74) is 0.0764. The van der Waals surface area contributed by atoms with Crippen molar-refractivity contribution < 1.29 is 8.78 Å². The first-order chi connectivity index (χ1) is 10.4. The van der Waals surface area contributed by atoms with Gasteiger partial charge in [-0.1, -0.05) is 6.92 Å². The summed E-state index contributed by atoms with van der Waals surface area (Å²) in [5, 5.41) is -0.0479. The zero-order valence-corrected chi connectivity index (χ0v) is 13.2. The Morgan fingerprint density at radius 2 is 2.18 bits per heavy atom. The molecule has 1 saturated carbocycles. The molecule has 2 heterocycles. The highest BCUT2D eigenvalue weighted by molar-refractivity contribution is 7.71. The molecule has 3 rings (SSSR count). The molecular formula is C15H17F2N3OS. The summed E-state index contributed by atoms with van der Waals surface area (Å²) in [6.07, 6.45) is -0.0528. The first-order valence-corrected chi connectivity index (χ1v) is 7.82. The van der Waals surface area contributed by atoms with E-state index in [0.29, 0.717) is 5.69 Å². The molecule has 22 heavy (non-hydrogen) atoms. The Hall–Kier alpha value is -1.63. The van der Waals surface area contributed by atoms with Crippen LogP contribution in [0.2, 0.25) is 0 Å². The zero-order valence-electron chi connectivity index (χ0n) is 12.4. The summed E-state index contributed by atoms with van der Waals surface area (Å²) in [6, 6.07) is 1.35. The Morgan fingerprint density at radius 3 is 2.73 bits per heavy atom. The van der Waals surface area contributed by atoms with Crippen LogP contribution in [-0.2, 0) is 0 Å². The van der Waals surface area contributed by atoms with Gasteiger partial charge in [-0.05, 0) is 44.5 Å². The van der Waals surface area contributed by atoms with Crippen molar-refractivity contribution in [2.24, 2.45) is 0 Å². The maximum Gasteiger partial charge on any atom is 0.264 e. The normalized spacial score (nSPS) is 16.4. The Labute approximate surface area is 131 Å². The second-order valence-electron chi connectivity index (χ2n) is 5.80. The molecule has 0 spiro atoms. The van der Waals surface area contributed by atoms with E-state index in [0.717, 1.165) is 19.3 Å². The van der Waals surface area contributed by atoms with E-state index < -0.39 is 12.0 Å². The average molecular weight is 325 g/mol. The van der Waals surface area contributed by atoms with Gasteiger partial charge in [0.2, 0.25) is 0 Å². The van der Waals surface area contributed by atoms with Gasteiger partial charge >= 0.3 is 0 Å². The molecule has 0 amide bonds. The zero-order chi connectivity index (χ0) is 16.0. The number of aromatic amines is 1. The van der Waals surface area contributed by atoms with Crippen molar-refractivity contribution in [2.75, 3.05) is 0 Å². The molecule has 7 heteroatoms. The molecule has 1 aliphatic carbocycles. The van der Waals surface area contributed by atoms with E-state index in [2.05, 4.69) is 9.97 Å². The van der Waals surface area contributed by atoms with Crippen LogP contribution in [0.15, 0.2) is 10.9 Å². The summed E-state index contributed by atoms with van der Waals surface area (Å²) in [5.74, 6) is 0.222. The van der Waals surface area contributed by atoms with Gasteiger partial charge in [0.05, 0.1) is 5.39 Å². The third-order valence-electron chi connectivity index (χ3n) is 4.21. The van der Waals surface area contributed by atoms with Gasteiger partial charge in [0.15, 0.2) is 4.77 Å². The van der Waals surface area contributed by atoms with Crippen molar-refractivity contribution in [3.8, 4) is 0 Å². The first-order valence-electron chi connectivity index (χ1n) is 7.41. The van der Waals surface area contributed by atoms with E-state index in [1.165, 1.54) is 6.07 Å². The molecule has 1 atom stereocenters. The van der Waals surface area contributed by atoms with Crippen LogP contribution in [0.1, 0.15) is 62.8 Å². The van der Waals surface area contributed by atoms with Crippen LogP contribution in [0.25, 0.3) is 11.0 Å². The van der Waals surface area contributed by atoms with Gasteiger partial charge in [0.1, 0.15) is 5.65 Å². The Balaban J connectivity index is 2.45. The lowest BCUT2D eigenvalue weighted by Crippen LogP contribution is -2.20. The minimum absolute atomic E-state index is 0.0284. The Bertz CT molecular complexity index is 839. The number of hydrogen-bond donors (Lipinski definition) is 1. The largest absolute Gasteiger partial charge is 0.300 e. The lowest BCUT2D eigenvalue weighted by atomic mass is 10.1. The molecule has 1 N–H and O–H groups in total. The van der Waals surface area contributed by atoms with Gasteiger partial charge in [-0.25, -0.2) is 13.8 Å². The van der Waals surface area contributed by atoms with Crippen molar-refractivity contribution in [3.63, 3.8) is 0 Å². The number of hydrogen-bond acceptors (Lipinski definition) is 3. The van der Waals surface area contributed by atoms with Gasteiger partial charge in [0, 0.05) is 23.2 Å². The van der Waals surface area contributed by atoms with Crippen LogP contribution >= 0.6 is 12.2 Å². The number of nitrogens with zero attached hydrogens (tertiary/aromatic N) is 2. The molecule has 0 radical (unpaired) electrons. The summed E-state index contributed by atoms with van der Waals surface area (Å²) in [4.78, 5) is 19.2. The van der Waals surface area contributed by atoms with Gasteiger partial charge in [-0.15, -0.1) is 0 Å². The number of aromatic nitrogens is 3. The lowest BCUT2D eigenvalue weighted by molar-refractivity contribution is 0.153. The fraction of sp³-hybridized carbons (Fsp3) is 0.533. The highest BCUT2D eigenvalue weighted by Crippen LogP contribution is 2.41. The third-order valence-corrected chi connectivity index (χ3v) is 4.51. The second kappa shape index (κ2) is 5.53. The molecule has 1 fully saturated rings. The van der Waals surface area contributed by atoms with Crippen molar-refractivity contribution in [2.45, 2.75) is 51.5 Å². The fourth-order valence-electron chi connectivity index (χ4n) is 2.65. The van der Waals surface area contributed by atoms with E-state index in [-0.39, 0.29) is 33.3 Å². The number of fused-ring (bicyclic) bond motifs is 1. The number of H-pyrrole nitrogens is 1. The highest BCUT2D eigenvalue weighted by Gasteiger charge is 2.29. The van der Waals surface area contributed by atoms with Crippen molar-refractivity contribution in [1.29, 1.82) is 0 Å². The minimum Gasteiger partial charge on any atom is -0.300 e. The van der Waals surface area contributed by atoms with Crippen LogP contribution in [0.4, 0.5) is 8.78 Å². The Kier molecular flexibility index (Phi) is 3.84. The molecule has 0 aromatic carbocycles. The second-order valence-corrected chi connectivity index (χ2v) is 6.18. The molecular weight excluding hydrogens is 308 g/mol. The van der Waals surface area contributed by atoms with Crippen LogP contribution in [0.3, 0.4) is 0 Å². The number of alkyl halides is 2. The standard InChI is InChI=1S/C15H17F2N3OS/c1-3-7(2)20-13-11(14(21)19-15(20)22)9(12(16)17)6-10(18-13)8-4-5-8/h6-8,12H,3-5H2,1-2H3,(H,19,21,22)/t7-/m1/s1. The van der Waals surface area contributed by atoms with Gasteiger partial charge < -0.3 is 0 Å². The van der Waals surface area contributed by atoms with Crippen LogP contribution in [0, 0.1) is 4.77 Å². The van der Waals surface area contributed by atoms with Gasteiger partial charge in [0.25, 0.3) is 12.0 Å². The molecule has 2 aromatic rings. The summed E-state index contributed by atoms with van der Waals surface area (Å²) in [6.45, 7) is 3.91. The molecule has 0 unspecified atom stereocenters. The van der Waals surface area contributed by atoms with E-state index >= 15 is 0 Å². The average Bonchev–Trinajstić information content (AvgIpc) is 3.30. The molecule has 1 aliphatic rings. The maximum atomic E-state index is 13.4. The van der Waals surface area contributed by atoms with E-state index in [9.17, 15) is 13.6 Å². The molecule has 2 aromatic heterocycles. The number of pyridine rings is 1. The van der Waals surface area contributed by atoms with Crippen LogP contribution < -0.4 is 5.56 Å². The highest BCUT2D eigenvalue weighted by atomic mass is 32.1. The molecule has 0 bridgehead atoms. The van der Waals surface area contributed by atoms with Crippen molar-refractivity contribution in [1.82, 2.24) is 14.5 Å². The SMILES string of the molecule is CC[C@@H](C)n1c(=S)[nH]c(=O)c2c(C(F)F)cc(C3CC3)nc21. The maximum absolute atomic E-state index is 13.4. The number of nitrogens with one attached hydrogen (secondary N) is 1. The van der Waals surface area contributed by atoms with E-state index in [1.807, 2.05) is 13.8 Å². The first kappa shape index (κ1) is 15.3. The smallest absolute Gasteiger partial charge is 0.264 e. The summed E-state index contributed by atoms with van der Waals surface area (Å²) in [7, 11) is 0. The monoisotopic (exact) mass is 325 g/mol. The molecule has 118 valence electrons. The minimum atomic E-state index is -2.72. The van der Waals surface area contributed by atoms with Crippen molar-refractivity contribution >= 4 is 23.3 Å². The predicted molar refractivity (Wildman–Crippen MR) is 83.1 cm³/mol.